The standard InChI is InChI=1S/C23H24N2O3/c1-15(2)20-14-18(17-12-8-9-13-19(17)24-20)23(27)28-21(22(26)25(3)4)16-10-6-5-7-11-16/h5-15,21H,1-4H3. The van der Waals surface area contributed by atoms with E-state index in [9.17, 15) is 9.59 Å². The molecule has 1 atom stereocenters. The number of nitrogens with zero attached hydrogens (tertiary/aromatic N) is 2. The molecule has 0 saturated carbocycles. The molecule has 0 fully saturated rings. The van der Waals surface area contributed by atoms with Crippen molar-refractivity contribution in [3.05, 3.63) is 77.5 Å². The van der Waals surface area contributed by atoms with Gasteiger partial charge in [0.05, 0.1) is 11.1 Å². The fourth-order valence-electron chi connectivity index (χ4n) is 2.95. The minimum atomic E-state index is -1.00. The zero-order valence-corrected chi connectivity index (χ0v) is 16.5. The molecule has 0 aliphatic rings. The smallest absolute Gasteiger partial charge is 0.340 e. The van der Waals surface area contributed by atoms with Gasteiger partial charge in [0.25, 0.3) is 5.91 Å². The van der Waals surface area contributed by atoms with Gasteiger partial charge in [-0.05, 0) is 18.1 Å². The molecule has 2 aromatic carbocycles. The lowest BCUT2D eigenvalue weighted by atomic mass is 10.0. The largest absolute Gasteiger partial charge is 0.444 e. The first-order chi connectivity index (χ1) is 13.4. The maximum Gasteiger partial charge on any atom is 0.340 e. The van der Waals surface area contributed by atoms with Crippen molar-refractivity contribution >= 4 is 22.8 Å². The fraction of sp³-hybridized carbons (Fsp3) is 0.261. The summed E-state index contributed by atoms with van der Waals surface area (Å²) in [6.07, 6.45) is -1.00. The number of esters is 1. The quantitative estimate of drug-likeness (QED) is 0.622. The van der Waals surface area contributed by atoms with Crippen LogP contribution in [0, 0.1) is 0 Å². The van der Waals surface area contributed by atoms with Gasteiger partial charge in [-0.25, -0.2) is 4.79 Å². The third kappa shape index (κ3) is 4.03. The second-order valence-corrected chi connectivity index (χ2v) is 7.20. The Morgan fingerprint density at radius 3 is 2.25 bits per heavy atom. The summed E-state index contributed by atoms with van der Waals surface area (Å²) in [5, 5.41) is 0.709. The zero-order valence-electron chi connectivity index (χ0n) is 16.5. The number of fused-ring (bicyclic) bond motifs is 1. The molecule has 28 heavy (non-hydrogen) atoms. The predicted octanol–water partition coefficient (Wildman–Crippen LogP) is 4.34. The third-order valence-electron chi connectivity index (χ3n) is 4.54. The number of amides is 1. The first-order valence-corrected chi connectivity index (χ1v) is 9.25. The monoisotopic (exact) mass is 376 g/mol. The lowest BCUT2D eigenvalue weighted by Gasteiger charge is -2.22. The number of rotatable bonds is 5. The average Bonchev–Trinajstić information content (AvgIpc) is 2.71. The molecule has 144 valence electrons. The number of likely N-dealkylation sites (N-methyl/N-ethyl adjacent to an activating group) is 1. The SMILES string of the molecule is CC(C)c1cc(C(=O)OC(C(=O)N(C)C)c2ccccc2)c2ccccc2n1. The molecule has 3 aromatic rings. The maximum absolute atomic E-state index is 13.1. The molecule has 0 spiro atoms. The van der Waals surface area contributed by atoms with E-state index in [0.717, 1.165) is 11.2 Å². The van der Waals surface area contributed by atoms with E-state index in [0.29, 0.717) is 16.5 Å². The highest BCUT2D eigenvalue weighted by Gasteiger charge is 2.28. The highest BCUT2D eigenvalue weighted by molar-refractivity contribution is 6.04. The minimum absolute atomic E-state index is 0.157. The second-order valence-electron chi connectivity index (χ2n) is 7.20. The molecule has 1 aromatic heterocycles. The minimum Gasteiger partial charge on any atom is -0.444 e. The first-order valence-electron chi connectivity index (χ1n) is 9.25. The van der Waals surface area contributed by atoms with Gasteiger partial charge in [0, 0.05) is 30.7 Å². The second kappa shape index (κ2) is 8.21. The van der Waals surface area contributed by atoms with Crippen LogP contribution in [0.25, 0.3) is 10.9 Å². The Morgan fingerprint density at radius 2 is 1.61 bits per heavy atom. The molecule has 0 aliphatic heterocycles. The molecule has 1 amide bonds. The Kier molecular flexibility index (Phi) is 5.73. The van der Waals surface area contributed by atoms with Crippen LogP contribution in [0.1, 0.15) is 47.5 Å². The summed E-state index contributed by atoms with van der Waals surface area (Å²) in [5.41, 5.74) is 2.59. The number of hydrogen-bond donors (Lipinski definition) is 0. The summed E-state index contributed by atoms with van der Waals surface area (Å²) in [4.78, 5) is 31.9. The van der Waals surface area contributed by atoms with Gasteiger partial charge in [-0.1, -0.05) is 62.4 Å². The fourth-order valence-corrected chi connectivity index (χ4v) is 2.95. The first kappa shape index (κ1) is 19.5. The van der Waals surface area contributed by atoms with Gasteiger partial charge in [0.2, 0.25) is 6.10 Å². The molecule has 0 radical (unpaired) electrons. The summed E-state index contributed by atoms with van der Waals surface area (Å²) in [6, 6.07) is 18.3. The van der Waals surface area contributed by atoms with Crippen molar-refractivity contribution < 1.29 is 14.3 Å². The van der Waals surface area contributed by atoms with E-state index >= 15 is 0 Å². The topological polar surface area (TPSA) is 59.5 Å². The van der Waals surface area contributed by atoms with Crippen LogP contribution in [0.4, 0.5) is 0 Å². The van der Waals surface area contributed by atoms with Crippen LogP contribution in [-0.2, 0) is 9.53 Å². The molecule has 0 saturated heterocycles. The van der Waals surface area contributed by atoms with E-state index in [4.69, 9.17) is 4.74 Å². The molecule has 5 nitrogen and oxygen atoms in total. The van der Waals surface area contributed by atoms with Crippen molar-refractivity contribution in [2.45, 2.75) is 25.9 Å². The number of benzene rings is 2. The summed E-state index contributed by atoms with van der Waals surface area (Å²) in [5.74, 6) is -0.670. The van der Waals surface area contributed by atoms with Crippen LogP contribution < -0.4 is 0 Å². The van der Waals surface area contributed by atoms with Crippen LogP contribution in [0.3, 0.4) is 0 Å². The average molecular weight is 376 g/mol. The molecular formula is C23H24N2O3. The van der Waals surface area contributed by atoms with E-state index in [1.807, 2.05) is 56.3 Å². The van der Waals surface area contributed by atoms with Gasteiger partial charge < -0.3 is 9.64 Å². The van der Waals surface area contributed by atoms with Gasteiger partial charge in [-0.2, -0.15) is 0 Å². The molecule has 0 bridgehead atoms. The van der Waals surface area contributed by atoms with E-state index in [1.54, 1.807) is 32.3 Å². The van der Waals surface area contributed by atoms with Crippen molar-refractivity contribution in [1.82, 2.24) is 9.88 Å². The van der Waals surface area contributed by atoms with Gasteiger partial charge in [0.1, 0.15) is 0 Å². The maximum atomic E-state index is 13.1. The Labute approximate surface area is 165 Å². The number of hydrogen-bond acceptors (Lipinski definition) is 4. The van der Waals surface area contributed by atoms with Crippen LogP contribution >= 0.6 is 0 Å². The van der Waals surface area contributed by atoms with Crippen LogP contribution in [-0.4, -0.2) is 35.9 Å². The van der Waals surface area contributed by atoms with Gasteiger partial charge in [0.15, 0.2) is 0 Å². The van der Waals surface area contributed by atoms with E-state index < -0.39 is 12.1 Å². The lowest BCUT2D eigenvalue weighted by molar-refractivity contribution is -0.138. The summed E-state index contributed by atoms with van der Waals surface area (Å²) < 4.78 is 5.73. The van der Waals surface area contributed by atoms with Crippen molar-refractivity contribution in [1.29, 1.82) is 0 Å². The molecular weight excluding hydrogens is 352 g/mol. The number of para-hydroxylation sites is 1. The molecule has 0 aliphatic carbocycles. The van der Waals surface area contributed by atoms with Crippen LogP contribution in [0.5, 0.6) is 0 Å². The molecule has 1 heterocycles. The molecule has 1 unspecified atom stereocenters. The summed E-state index contributed by atoms with van der Waals surface area (Å²) in [7, 11) is 3.29. The third-order valence-corrected chi connectivity index (χ3v) is 4.54. The number of pyridine rings is 1. The van der Waals surface area contributed by atoms with Crippen molar-refractivity contribution in [2.75, 3.05) is 14.1 Å². The lowest BCUT2D eigenvalue weighted by Crippen LogP contribution is -2.31. The van der Waals surface area contributed by atoms with Gasteiger partial charge in [-0.15, -0.1) is 0 Å². The number of aromatic nitrogens is 1. The summed E-state index contributed by atoms with van der Waals surface area (Å²) in [6.45, 7) is 4.04. The van der Waals surface area contributed by atoms with Crippen molar-refractivity contribution in [3.63, 3.8) is 0 Å². The highest BCUT2D eigenvalue weighted by atomic mass is 16.5. The van der Waals surface area contributed by atoms with Gasteiger partial charge in [-0.3, -0.25) is 9.78 Å². The highest BCUT2D eigenvalue weighted by Crippen LogP contribution is 2.26. The summed E-state index contributed by atoms with van der Waals surface area (Å²) >= 11 is 0. The van der Waals surface area contributed by atoms with Crippen molar-refractivity contribution in [3.8, 4) is 0 Å². The van der Waals surface area contributed by atoms with Crippen molar-refractivity contribution in [2.24, 2.45) is 0 Å². The Balaban J connectivity index is 2.04. The Bertz CT molecular complexity index is 997. The molecule has 3 rings (SSSR count). The Morgan fingerprint density at radius 1 is 0.964 bits per heavy atom. The zero-order chi connectivity index (χ0) is 20.3. The number of ether oxygens (including phenoxy) is 1. The van der Waals surface area contributed by atoms with E-state index in [1.165, 1.54) is 4.90 Å². The van der Waals surface area contributed by atoms with Crippen LogP contribution in [0.15, 0.2) is 60.7 Å². The Hall–Kier alpha value is -3.21. The van der Waals surface area contributed by atoms with E-state index in [2.05, 4.69) is 4.98 Å². The molecule has 5 heteroatoms. The normalized spacial score (nSPS) is 12.0. The molecule has 0 N–H and O–H groups in total. The number of carbonyl (C=O) groups excluding carboxylic acids is 2. The predicted molar refractivity (Wildman–Crippen MR) is 109 cm³/mol. The van der Waals surface area contributed by atoms with E-state index in [-0.39, 0.29) is 11.8 Å². The van der Waals surface area contributed by atoms with Crippen LogP contribution in [0.2, 0.25) is 0 Å². The number of carbonyl (C=O) groups is 2. The van der Waals surface area contributed by atoms with Gasteiger partial charge >= 0.3 is 5.97 Å².